The van der Waals surface area contributed by atoms with Crippen molar-refractivity contribution in [2.75, 3.05) is 18.9 Å². The van der Waals surface area contributed by atoms with Gasteiger partial charge in [-0.2, -0.15) is 0 Å². The van der Waals surface area contributed by atoms with Crippen molar-refractivity contribution in [2.45, 2.75) is 0 Å². The molecule has 0 saturated heterocycles. The third-order valence-electron chi connectivity index (χ3n) is 2.36. The van der Waals surface area contributed by atoms with Crippen molar-refractivity contribution in [1.29, 1.82) is 0 Å². The van der Waals surface area contributed by atoms with Crippen molar-refractivity contribution >= 4 is 28.9 Å². The van der Waals surface area contributed by atoms with E-state index in [9.17, 15) is 0 Å². The molecule has 0 spiro atoms. The molecule has 0 radical (unpaired) electrons. The van der Waals surface area contributed by atoms with Gasteiger partial charge in [-0.15, -0.1) is 0 Å². The van der Waals surface area contributed by atoms with Crippen LogP contribution in [0.15, 0.2) is 42.5 Å². The van der Waals surface area contributed by atoms with Gasteiger partial charge in [0.15, 0.2) is 0 Å². The van der Waals surface area contributed by atoms with E-state index < -0.39 is 0 Å². The second-order valence-electron chi connectivity index (χ2n) is 3.84. The van der Waals surface area contributed by atoms with Crippen LogP contribution in [0.25, 0.3) is 0 Å². The van der Waals surface area contributed by atoms with E-state index in [1.165, 1.54) is 0 Å². The SMILES string of the molecule is Nc1ccccc1OCCOc1cc(Cl)cc(Cl)c1. The average Bonchev–Trinajstić information content (AvgIpc) is 2.35. The van der Waals surface area contributed by atoms with E-state index in [0.29, 0.717) is 40.4 Å². The Morgan fingerprint density at radius 3 is 2.21 bits per heavy atom. The summed E-state index contributed by atoms with van der Waals surface area (Å²) in [4.78, 5) is 0. The Labute approximate surface area is 121 Å². The highest BCUT2D eigenvalue weighted by Gasteiger charge is 2.01. The number of hydrogen-bond donors (Lipinski definition) is 1. The third kappa shape index (κ3) is 4.23. The van der Waals surface area contributed by atoms with Crippen molar-refractivity contribution in [3.05, 3.63) is 52.5 Å². The van der Waals surface area contributed by atoms with Crippen LogP contribution in [0.3, 0.4) is 0 Å². The number of ether oxygens (including phenoxy) is 2. The number of rotatable bonds is 5. The molecule has 19 heavy (non-hydrogen) atoms. The predicted octanol–water partition coefficient (Wildman–Crippen LogP) is 4.03. The zero-order valence-corrected chi connectivity index (χ0v) is 11.6. The van der Waals surface area contributed by atoms with E-state index in [4.69, 9.17) is 38.4 Å². The van der Waals surface area contributed by atoms with Crippen LogP contribution in [-0.2, 0) is 0 Å². The number of anilines is 1. The van der Waals surface area contributed by atoms with Gasteiger partial charge in [0, 0.05) is 10.0 Å². The minimum atomic E-state index is 0.380. The first kappa shape index (κ1) is 13.8. The summed E-state index contributed by atoms with van der Waals surface area (Å²) in [5.41, 5.74) is 6.36. The lowest BCUT2D eigenvalue weighted by Crippen LogP contribution is -2.09. The number of para-hydroxylation sites is 2. The lowest BCUT2D eigenvalue weighted by atomic mass is 10.3. The number of halogens is 2. The number of hydrogen-bond acceptors (Lipinski definition) is 3. The Morgan fingerprint density at radius 1 is 0.895 bits per heavy atom. The fraction of sp³-hybridized carbons (Fsp3) is 0.143. The van der Waals surface area contributed by atoms with Crippen LogP contribution in [0.1, 0.15) is 0 Å². The molecule has 0 fully saturated rings. The maximum absolute atomic E-state index is 5.87. The van der Waals surface area contributed by atoms with Gasteiger partial charge in [0.2, 0.25) is 0 Å². The molecule has 0 aliphatic rings. The lowest BCUT2D eigenvalue weighted by molar-refractivity contribution is 0.218. The van der Waals surface area contributed by atoms with Crippen LogP contribution in [0.5, 0.6) is 11.5 Å². The van der Waals surface area contributed by atoms with Gasteiger partial charge in [-0.3, -0.25) is 0 Å². The topological polar surface area (TPSA) is 44.5 Å². The molecule has 2 aromatic carbocycles. The molecular weight excluding hydrogens is 285 g/mol. The van der Waals surface area contributed by atoms with Crippen LogP contribution >= 0.6 is 23.2 Å². The fourth-order valence-corrected chi connectivity index (χ4v) is 2.04. The summed E-state index contributed by atoms with van der Waals surface area (Å²) in [5.74, 6) is 1.26. The number of nitrogen functional groups attached to an aromatic ring is 1. The van der Waals surface area contributed by atoms with Gasteiger partial charge in [-0.25, -0.2) is 0 Å². The van der Waals surface area contributed by atoms with Gasteiger partial charge in [0.1, 0.15) is 24.7 Å². The highest BCUT2D eigenvalue weighted by molar-refractivity contribution is 6.34. The molecular formula is C14H13Cl2NO2. The Kier molecular flexibility index (Phi) is 4.77. The van der Waals surface area contributed by atoms with Crippen LogP contribution < -0.4 is 15.2 Å². The van der Waals surface area contributed by atoms with Crippen molar-refractivity contribution in [2.24, 2.45) is 0 Å². The first-order valence-electron chi connectivity index (χ1n) is 5.71. The highest BCUT2D eigenvalue weighted by atomic mass is 35.5. The minimum Gasteiger partial charge on any atom is -0.490 e. The van der Waals surface area contributed by atoms with E-state index in [1.54, 1.807) is 24.3 Å². The molecule has 0 saturated carbocycles. The molecule has 100 valence electrons. The zero-order valence-electron chi connectivity index (χ0n) is 10.1. The molecule has 0 aliphatic carbocycles. The third-order valence-corrected chi connectivity index (χ3v) is 2.80. The molecule has 3 nitrogen and oxygen atoms in total. The highest BCUT2D eigenvalue weighted by Crippen LogP contribution is 2.24. The molecule has 2 N–H and O–H groups in total. The smallest absolute Gasteiger partial charge is 0.142 e. The monoisotopic (exact) mass is 297 g/mol. The molecule has 5 heteroatoms. The van der Waals surface area contributed by atoms with E-state index in [-0.39, 0.29) is 0 Å². The first-order valence-corrected chi connectivity index (χ1v) is 6.47. The molecule has 0 aliphatic heterocycles. The van der Waals surface area contributed by atoms with Crippen molar-refractivity contribution in [3.8, 4) is 11.5 Å². The predicted molar refractivity (Wildman–Crippen MR) is 78.3 cm³/mol. The first-order chi connectivity index (χ1) is 9.15. The Balaban J connectivity index is 1.82. The molecule has 0 atom stereocenters. The van der Waals surface area contributed by atoms with E-state index in [1.807, 2.05) is 18.2 Å². The molecule has 0 amide bonds. The molecule has 0 heterocycles. The summed E-state index contributed by atoms with van der Waals surface area (Å²) < 4.78 is 11.0. The summed E-state index contributed by atoms with van der Waals surface area (Å²) in [6, 6.07) is 12.4. The maximum atomic E-state index is 5.87. The summed E-state index contributed by atoms with van der Waals surface area (Å²) in [6.45, 7) is 0.767. The van der Waals surface area contributed by atoms with Crippen molar-refractivity contribution < 1.29 is 9.47 Å². The van der Waals surface area contributed by atoms with Gasteiger partial charge >= 0.3 is 0 Å². The molecule has 0 aromatic heterocycles. The van der Waals surface area contributed by atoms with Crippen LogP contribution in [0, 0.1) is 0 Å². The van der Waals surface area contributed by atoms with Gasteiger partial charge in [0.05, 0.1) is 5.69 Å². The Hall–Kier alpha value is -1.58. The van der Waals surface area contributed by atoms with E-state index in [2.05, 4.69) is 0 Å². The quantitative estimate of drug-likeness (QED) is 0.669. The standard InChI is InChI=1S/C14H13Cl2NO2/c15-10-7-11(16)9-12(8-10)18-5-6-19-14-4-2-1-3-13(14)17/h1-4,7-9H,5-6,17H2. The van der Waals surface area contributed by atoms with Crippen molar-refractivity contribution in [1.82, 2.24) is 0 Å². The largest absolute Gasteiger partial charge is 0.490 e. The van der Waals surface area contributed by atoms with Gasteiger partial charge in [-0.05, 0) is 30.3 Å². The number of nitrogens with two attached hydrogens (primary N) is 1. The normalized spacial score (nSPS) is 10.2. The van der Waals surface area contributed by atoms with Crippen LogP contribution in [0.4, 0.5) is 5.69 Å². The minimum absolute atomic E-state index is 0.380. The lowest BCUT2D eigenvalue weighted by Gasteiger charge is -2.10. The van der Waals surface area contributed by atoms with Crippen LogP contribution in [0.2, 0.25) is 10.0 Å². The summed E-state index contributed by atoms with van der Waals surface area (Å²) in [7, 11) is 0. The summed E-state index contributed by atoms with van der Waals surface area (Å²) in [6.07, 6.45) is 0. The second-order valence-corrected chi connectivity index (χ2v) is 4.71. The zero-order chi connectivity index (χ0) is 13.7. The van der Waals surface area contributed by atoms with Gasteiger partial charge < -0.3 is 15.2 Å². The summed E-state index contributed by atoms with van der Waals surface area (Å²) >= 11 is 11.7. The fourth-order valence-electron chi connectivity index (χ4n) is 1.53. The average molecular weight is 298 g/mol. The van der Waals surface area contributed by atoms with E-state index >= 15 is 0 Å². The maximum Gasteiger partial charge on any atom is 0.142 e. The summed E-state index contributed by atoms with van der Waals surface area (Å²) in [5, 5.41) is 1.08. The van der Waals surface area contributed by atoms with E-state index in [0.717, 1.165) is 0 Å². The molecule has 2 rings (SSSR count). The molecule has 0 unspecified atom stereocenters. The Morgan fingerprint density at radius 2 is 1.53 bits per heavy atom. The number of benzene rings is 2. The molecule has 0 bridgehead atoms. The van der Waals surface area contributed by atoms with Crippen LogP contribution in [-0.4, -0.2) is 13.2 Å². The second kappa shape index (κ2) is 6.55. The van der Waals surface area contributed by atoms with Gasteiger partial charge in [-0.1, -0.05) is 35.3 Å². The van der Waals surface area contributed by atoms with Crippen molar-refractivity contribution in [3.63, 3.8) is 0 Å². The Bertz CT molecular complexity index is 541. The van der Waals surface area contributed by atoms with Gasteiger partial charge in [0.25, 0.3) is 0 Å². The molecule has 2 aromatic rings.